The minimum Gasteiger partial charge on any atom is -0.481 e. The van der Waals surface area contributed by atoms with Crippen LogP contribution in [0.5, 0.6) is 0 Å². The molecule has 7 nitrogen and oxygen atoms in total. The number of carboxylic acid groups (broad SMARTS) is 1. The highest BCUT2D eigenvalue weighted by atomic mass is 32.2. The molecule has 0 bridgehead atoms. The Kier molecular flexibility index (Phi) is 11.3. The number of carboxylic acids is 1. The molecule has 0 aromatic heterocycles. The van der Waals surface area contributed by atoms with Crippen LogP contribution in [0, 0.1) is 18.3 Å². The first-order valence-corrected chi connectivity index (χ1v) is 17.8. The minimum atomic E-state index is -1.36. The van der Waals surface area contributed by atoms with Crippen LogP contribution in [0.4, 0.5) is 4.79 Å². The lowest BCUT2D eigenvalue weighted by molar-refractivity contribution is -0.158. The number of benzene rings is 4. The third-order valence-electron chi connectivity index (χ3n) is 9.34. The number of nitrogens with one attached hydrogen (secondary N) is 2. The molecule has 1 aliphatic rings. The second-order valence-corrected chi connectivity index (χ2v) is 15.0. The third-order valence-corrected chi connectivity index (χ3v) is 11.0. The molecule has 0 radical (unpaired) electrons. The molecule has 1 fully saturated rings. The van der Waals surface area contributed by atoms with E-state index in [9.17, 15) is 19.5 Å². The molecular formula is C41H46N2O5S. The number of piperidine rings is 1. The van der Waals surface area contributed by atoms with Gasteiger partial charge in [0, 0.05) is 18.2 Å². The predicted octanol–water partition coefficient (Wildman–Crippen LogP) is 7.41. The summed E-state index contributed by atoms with van der Waals surface area (Å²) in [5.74, 6) is -2.08. The molecule has 3 N–H and O–H groups in total. The summed E-state index contributed by atoms with van der Waals surface area (Å²) in [5.41, 5.74) is 2.76. The van der Waals surface area contributed by atoms with Crippen molar-refractivity contribution < 1.29 is 24.2 Å². The summed E-state index contributed by atoms with van der Waals surface area (Å²) >= 11 is 1.54. The van der Waals surface area contributed by atoms with Gasteiger partial charge in [-0.05, 0) is 74.9 Å². The van der Waals surface area contributed by atoms with Crippen LogP contribution in [-0.4, -0.2) is 53.4 Å². The van der Waals surface area contributed by atoms with E-state index < -0.39 is 39.8 Å². The summed E-state index contributed by atoms with van der Waals surface area (Å²) in [4.78, 5) is 41.6. The number of aryl methyl sites for hydroxylation is 1. The summed E-state index contributed by atoms with van der Waals surface area (Å²) in [5, 5.41) is 17.1. The summed E-state index contributed by atoms with van der Waals surface area (Å²) < 4.78 is 4.90. The van der Waals surface area contributed by atoms with Gasteiger partial charge in [0.2, 0.25) is 0 Å². The van der Waals surface area contributed by atoms with E-state index in [1.165, 1.54) is 0 Å². The molecule has 4 aromatic carbocycles. The monoisotopic (exact) mass is 678 g/mol. The van der Waals surface area contributed by atoms with Crippen LogP contribution in [0.1, 0.15) is 55.0 Å². The summed E-state index contributed by atoms with van der Waals surface area (Å²) in [6.07, 6.45) is -0.234. The van der Waals surface area contributed by atoms with E-state index in [-0.39, 0.29) is 30.9 Å². The molecule has 5 rings (SSSR count). The van der Waals surface area contributed by atoms with E-state index in [0.29, 0.717) is 6.54 Å². The Morgan fingerprint density at radius 3 is 1.86 bits per heavy atom. The number of rotatable bonds is 12. The second-order valence-electron chi connectivity index (χ2n) is 13.8. The van der Waals surface area contributed by atoms with Crippen molar-refractivity contribution in [2.45, 2.75) is 56.9 Å². The zero-order chi connectivity index (χ0) is 35.1. The Labute approximate surface area is 293 Å². The number of carbonyl (C=O) groups excluding carboxylic acids is 2. The SMILES string of the molecule is Cc1ccccc1CC1(C(=O)O)CCNCC1C(=O)[C@H](CSC(c1ccccc1)(c1ccccc1)c1ccccc1)NC(=O)OC(C)(C)C. The number of hydrogen-bond acceptors (Lipinski definition) is 6. The van der Waals surface area contributed by atoms with Crippen molar-refractivity contribution in [1.29, 1.82) is 0 Å². The molecule has 8 heteroatoms. The standard InChI is InChI=1S/C41H46N2O5S/c1-29-16-14-15-17-30(29)26-40(37(45)46)24-25-42-27-34(40)36(44)35(43-38(47)48-39(2,3)4)28-49-41(31-18-8-5-9-19-31,32-20-10-6-11-21-32)33-22-12-7-13-23-33/h5-23,34-35,42H,24-28H2,1-4H3,(H,43,47)(H,45,46)/t34?,35-,40?/m0/s1. The number of alkyl carbamates (subject to hydrolysis) is 1. The highest BCUT2D eigenvalue weighted by molar-refractivity contribution is 8.00. The molecule has 0 saturated carbocycles. The van der Waals surface area contributed by atoms with Crippen LogP contribution in [0.2, 0.25) is 0 Å². The number of aliphatic carboxylic acids is 1. The van der Waals surface area contributed by atoms with Gasteiger partial charge in [-0.3, -0.25) is 9.59 Å². The quantitative estimate of drug-likeness (QED) is 0.134. The zero-order valence-electron chi connectivity index (χ0n) is 28.6. The van der Waals surface area contributed by atoms with Gasteiger partial charge < -0.3 is 20.5 Å². The van der Waals surface area contributed by atoms with Gasteiger partial charge in [0.05, 0.1) is 10.2 Å². The van der Waals surface area contributed by atoms with E-state index >= 15 is 0 Å². The largest absolute Gasteiger partial charge is 0.481 e. The van der Waals surface area contributed by atoms with Gasteiger partial charge in [-0.15, -0.1) is 11.8 Å². The summed E-state index contributed by atoms with van der Waals surface area (Å²) in [6.45, 7) is 7.93. The van der Waals surface area contributed by atoms with Crippen LogP contribution in [0.25, 0.3) is 0 Å². The molecule has 1 saturated heterocycles. The average molecular weight is 679 g/mol. The van der Waals surface area contributed by atoms with Crippen molar-refractivity contribution in [3.8, 4) is 0 Å². The average Bonchev–Trinajstić information content (AvgIpc) is 3.09. The maximum atomic E-state index is 14.9. The third kappa shape index (κ3) is 8.09. The van der Waals surface area contributed by atoms with Crippen LogP contribution in [0.3, 0.4) is 0 Å². The normalized spacial score (nSPS) is 18.7. The van der Waals surface area contributed by atoms with Crippen molar-refractivity contribution in [1.82, 2.24) is 10.6 Å². The lowest BCUT2D eigenvalue weighted by Gasteiger charge is -2.42. The molecule has 3 atom stereocenters. The number of amides is 1. The maximum Gasteiger partial charge on any atom is 0.408 e. The zero-order valence-corrected chi connectivity index (χ0v) is 29.5. The smallest absolute Gasteiger partial charge is 0.408 e. The number of carbonyl (C=O) groups is 3. The fourth-order valence-corrected chi connectivity index (χ4v) is 8.43. The van der Waals surface area contributed by atoms with Crippen molar-refractivity contribution in [3.63, 3.8) is 0 Å². The van der Waals surface area contributed by atoms with Gasteiger partial charge in [-0.2, -0.15) is 0 Å². The first-order chi connectivity index (χ1) is 23.5. The highest BCUT2D eigenvalue weighted by Gasteiger charge is 2.52. The van der Waals surface area contributed by atoms with Crippen molar-refractivity contribution in [2.24, 2.45) is 11.3 Å². The van der Waals surface area contributed by atoms with E-state index in [4.69, 9.17) is 4.74 Å². The molecule has 1 amide bonds. The predicted molar refractivity (Wildman–Crippen MR) is 196 cm³/mol. The second kappa shape index (κ2) is 15.4. The molecule has 256 valence electrons. The van der Waals surface area contributed by atoms with Gasteiger partial charge in [-0.1, -0.05) is 115 Å². The van der Waals surface area contributed by atoms with Gasteiger partial charge in [0.15, 0.2) is 5.78 Å². The molecular weight excluding hydrogens is 633 g/mol. The lowest BCUT2D eigenvalue weighted by Crippen LogP contribution is -2.59. The van der Waals surface area contributed by atoms with E-state index in [1.54, 1.807) is 32.5 Å². The van der Waals surface area contributed by atoms with Gasteiger partial charge in [0.1, 0.15) is 11.6 Å². The minimum absolute atomic E-state index is 0.160. The van der Waals surface area contributed by atoms with Crippen molar-refractivity contribution >= 4 is 29.6 Å². The molecule has 4 aromatic rings. The summed E-state index contributed by atoms with van der Waals surface area (Å²) in [7, 11) is 0. The van der Waals surface area contributed by atoms with E-state index in [0.717, 1.165) is 27.8 Å². The Morgan fingerprint density at radius 2 is 1.37 bits per heavy atom. The van der Waals surface area contributed by atoms with Crippen LogP contribution in [-0.2, 0) is 25.5 Å². The van der Waals surface area contributed by atoms with Gasteiger partial charge >= 0.3 is 12.1 Å². The number of ketones is 1. The van der Waals surface area contributed by atoms with Crippen molar-refractivity contribution in [2.75, 3.05) is 18.8 Å². The highest BCUT2D eigenvalue weighted by Crippen LogP contribution is 2.49. The molecule has 1 aliphatic heterocycles. The fraction of sp³-hybridized carbons (Fsp3) is 0.341. The Hall–Kier alpha value is -4.40. The van der Waals surface area contributed by atoms with E-state index in [1.807, 2.05) is 85.8 Å². The van der Waals surface area contributed by atoms with E-state index in [2.05, 4.69) is 47.0 Å². The van der Waals surface area contributed by atoms with Crippen molar-refractivity contribution in [3.05, 3.63) is 143 Å². The maximum absolute atomic E-state index is 14.9. The Bertz CT molecular complexity index is 1630. The van der Waals surface area contributed by atoms with Crippen LogP contribution >= 0.6 is 11.8 Å². The Morgan fingerprint density at radius 1 is 0.857 bits per heavy atom. The fourth-order valence-electron chi connectivity index (χ4n) is 6.86. The van der Waals surface area contributed by atoms with Gasteiger partial charge in [0.25, 0.3) is 0 Å². The molecule has 1 heterocycles. The van der Waals surface area contributed by atoms with Crippen LogP contribution in [0.15, 0.2) is 115 Å². The number of Topliss-reactive ketones (excluding diaryl/α,β-unsaturated/α-hetero) is 1. The molecule has 49 heavy (non-hydrogen) atoms. The number of thioether (sulfide) groups is 1. The lowest BCUT2D eigenvalue weighted by atomic mass is 9.64. The van der Waals surface area contributed by atoms with Crippen LogP contribution < -0.4 is 10.6 Å². The topological polar surface area (TPSA) is 105 Å². The summed E-state index contributed by atoms with van der Waals surface area (Å²) in [6, 6.07) is 37.0. The molecule has 2 unspecified atom stereocenters. The molecule has 0 aliphatic carbocycles. The first-order valence-electron chi connectivity index (χ1n) is 16.8. The molecule has 0 spiro atoms. The Balaban J connectivity index is 1.59. The van der Waals surface area contributed by atoms with Gasteiger partial charge in [-0.25, -0.2) is 4.79 Å². The number of ether oxygens (including phenoxy) is 1. The first kappa shape index (κ1) is 35.9. The number of hydrogen-bond donors (Lipinski definition) is 3.